The Labute approximate surface area is 198 Å². The average Bonchev–Trinajstić information content (AvgIpc) is 2.83. The lowest BCUT2D eigenvalue weighted by molar-refractivity contribution is -0.148. The summed E-state index contributed by atoms with van der Waals surface area (Å²) in [6.07, 6.45) is -0.121. The summed E-state index contributed by atoms with van der Waals surface area (Å²) in [7, 11) is 1.50. The predicted molar refractivity (Wildman–Crippen MR) is 121 cm³/mol. The molecule has 11 heteroatoms. The molecule has 0 fully saturated rings. The van der Waals surface area contributed by atoms with Gasteiger partial charge >= 0.3 is 11.6 Å². The smallest absolute Gasteiger partial charge is 0.339 e. The SMILES string of the molecule is COc1ccc2c(C)c(CCC(=O)OCC(=O)NCC(=O)Nc3ccc(F)c(F)c3)c(=O)oc2c1. The minimum atomic E-state index is -1.13. The molecule has 3 rings (SSSR count). The van der Waals surface area contributed by atoms with Crippen molar-refractivity contribution < 1.29 is 37.1 Å². The van der Waals surface area contributed by atoms with Crippen LogP contribution in [0.4, 0.5) is 14.5 Å². The van der Waals surface area contributed by atoms with Crippen molar-refractivity contribution in [3.8, 4) is 5.75 Å². The lowest BCUT2D eigenvalue weighted by Crippen LogP contribution is -2.35. The van der Waals surface area contributed by atoms with Crippen LogP contribution in [-0.2, 0) is 25.5 Å². The van der Waals surface area contributed by atoms with E-state index in [-0.39, 0.29) is 18.5 Å². The Kier molecular flexibility index (Phi) is 8.13. The van der Waals surface area contributed by atoms with E-state index < -0.39 is 48.2 Å². The molecular weight excluding hydrogens is 466 g/mol. The second-order valence-corrected chi connectivity index (χ2v) is 7.47. The number of amides is 2. The van der Waals surface area contributed by atoms with Gasteiger partial charge in [0.15, 0.2) is 18.2 Å². The van der Waals surface area contributed by atoms with Gasteiger partial charge in [0.05, 0.1) is 13.7 Å². The monoisotopic (exact) mass is 488 g/mol. The molecule has 0 aliphatic rings. The summed E-state index contributed by atoms with van der Waals surface area (Å²) in [4.78, 5) is 48.0. The molecule has 184 valence electrons. The maximum absolute atomic E-state index is 13.2. The Bertz CT molecular complexity index is 1340. The molecule has 2 N–H and O–H groups in total. The van der Waals surface area contributed by atoms with E-state index in [2.05, 4.69) is 10.6 Å². The zero-order valence-electron chi connectivity index (χ0n) is 18.9. The second-order valence-electron chi connectivity index (χ2n) is 7.47. The summed E-state index contributed by atoms with van der Waals surface area (Å²) in [5.74, 6) is -3.80. The number of halogens is 2. The molecule has 2 aromatic carbocycles. The summed E-state index contributed by atoms with van der Waals surface area (Å²) < 4.78 is 41.4. The first-order chi connectivity index (χ1) is 16.7. The van der Waals surface area contributed by atoms with Crippen LogP contribution in [0.15, 0.2) is 45.6 Å². The number of benzene rings is 2. The minimum absolute atomic E-state index is 0.0159. The zero-order valence-corrected chi connectivity index (χ0v) is 18.9. The summed E-state index contributed by atoms with van der Waals surface area (Å²) in [5.41, 5.74) is 0.779. The summed E-state index contributed by atoms with van der Waals surface area (Å²) in [6, 6.07) is 7.88. The van der Waals surface area contributed by atoms with Crippen LogP contribution in [0.2, 0.25) is 0 Å². The predicted octanol–water partition coefficient (Wildman–Crippen LogP) is 2.62. The van der Waals surface area contributed by atoms with Crippen LogP contribution in [0.25, 0.3) is 11.0 Å². The zero-order chi connectivity index (χ0) is 25.5. The third-order valence-electron chi connectivity index (χ3n) is 5.09. The molecule has 1 heterocycles. The molecule has 9 nitrogen and oxygen atoms in total. The van der Waals surface area contributed by atoms with Gasteiger partial charge in [-0.3, -0.25) is 14.4 Å². The Morgan fingerprint density at radius 3 is 2.51 bits per heavy atom. The Morgan fingerprint density at radius 2 is 1.80 bits per heavy atom. The first-order valence-electron chi connectivity index (χ1n) is 10.5. The van der Waals surface area contributed by atoms with Crippen molar-refractivity contribution in [3.05, 3.63) is 69.6 Å². The van der Waals surface area contributed by atoms with E-state index in [4.69, 9.17) is 13.9 Å². The van der Waals surface area contributed by atoms with Gasteiger partial charge in [-0.25, -0.2) is 13.6 Å². The Hall–Kier alpha value is -4.28. The molecule has 0 saturated carbocycles. The minimum Gasteiger partial charge on any atom is -0.497 e. The fraction of sp³-hybridized carbons (Fsp3) is 0.250. The van der Waals surface area contributed by atoms with Crippen molar-refractivity contribution in [2.75, 3.05) is 25.6 Å². The highest BCUT2D eigenvalue weighted by molar-refractivity contribution is 5.94. The molecule has 0 spiro atoms. The third-order valence-corrected chi connectivity index (χ3v) is 5.09. The van der Waals surface area contributed by atoms with Crippen molar-refractivity contribution in [2.24, 2.45) is 0 Å². The lowest BCUT2D eigenvalue weighted by atomic mass is 10.0. The normalized spacial score (nSPS) is 10.6. The summed E-state index contributed by atoms with van der Waals surface area (Å²) >= 11 is 0. The highest BCUT2D eigenvalue weighted by Gasteiger charge is 2.15. The van der Waals surface area contributed by atoms with Crippen molar-refractivity contribution in [1.82, 2.24) is 5.32 Å². The standard InChI is InChI=1S/C24H22F2N2O7/c1-13-16-5-4-15(33-2)10-20(16)35-24(32)17(13)6-8-23(31)34-12-22(30)27-11-21(29)28-14-3-7-18(25)19(26)9-14/h3-5,7,9-10H,6,8,11-12H2,1-2H3,(H,27,30)(H,28,29). The number of hydrogen-bond donors (Lipinski definition) is 2. The number of aryl methyl sites for hydroxylation is 1. The number of carbonyl (C=O) groups excluding carboxylic acids is 3. The molecule has 0 aliphatic carbocycles. The van der Waals surface area contributed by atoms with Crippen LogP contribution in [0.1, 0.15) is 17.5 Å². The van der Waals surface area contributed by atoms with Crippen LogP contribution in [0.3, 0.4) is 0 Å². The van der Waals surface area contributed by atoms with Gasteiger partial charge in [0.1, 0.15) is 11.3 Å². The second kappa shape index (κ2) is 11.2. The molecule has 1 aromatic heterocycles. The van der Waals surface area contributed by atoms with E-state index in [1.807, 2.05) is 0 Å². The molecule has 0 atom stereocenters. The van der Waals surface area contributed by atoms with E-state index in [1.54, 1.807) is 25.1 Å². The van der Waals surface area contributed by atoms with Crippen molar-refractivity contribution in [2.45, 2.75) is 19.8 Å². The largest absolute Gasteiger partial charge is 0.497 e. The van der Waals surface area contributed by atoms with E-state index in [0.29, 0.717) is 27.8 Å². The number of methoxy groups -OCH3 is 1. The van der Waals surface area contributed by atoms with Crippen molar-refractivity contribution in [1.29, 1.82) is 0 Å². The number of nitrogens with one attached hydrogen (secondary N) is 2. The Morgan fingerprint density at radius 1 is 1.03 bits per heavy atom. The van der Waals surface area contributed by atoms with Gasteiger partial charge in [-0.2, -0.15) is 0 Å². The van der Waals surface area contributed by atoms with E-state index in [9.17, 15) is 28.0 Å². The van der Waals surface area contributed by atoms with Gasteiger partial charge in [-0.1, -0.05) is 0 Å². The molecule has 0 unspecified atom stereocenters. The average molecular weight is 488 g/mol. The molecule has 3 aromatic rings. The maximum atomic E-state index is 13.2. The summed E-state index contributed by atoms with van der Waals surface area (Å²) in [5, 5.41) is 5.22. The molecule has 35 heavy (non-hydrogen) atoms. The van der Waals surface area contributed by atoms with Gasteiger partial charge < -0.3 is 24.5 Å². The van der Waals surface area contributed by atoms with Crippen LogP contribution in [0.5, 0.6) is 5.75 Å². The molecule has 0 radical (unpaired) electrons. The maximum Gasteiger partial charge on any atom is 0.339 e. The number of hydrogen-bond acceptors (Lipinski definition) is 7. The number of ether oxygens (including phenoxy) is 2. The fourth-order valence-corrected chi connectivity index (χ4v) is 3.24. The number of anilines is 1. The Balaban J connectivity index is 1.45. The summed E-state index contributed by atoms with van der Waals surface area (Å²) in [6.45, 7) is 0.630. The van der Waals surface area contributed by atoms with Crippen LogP contribution >= 0.6 is 0 Å². The molecule has 2 amide bonds. The molecule has 0 saturated heterocycles. The van der Waals surface area contributed by atoms with Crippen molar-refractivity contribution >= 4 is 34.4 Å². The van der Waals surface area contributed by atoms with Crippen LogP contribution in [0, 0.1) is 18.6 Å². The van der Waals surface area contributed by atoms with Gasteiger partial charge in [0.2, 0.25) is 5.91 Å². The third kappa shape index (κ3) is 6.62. The van der Waals surface area contributed by atoms with Gasteiger partial charge in [-0.05, 0) is 43.2 Å². The van der Waals surface area contributed by atoms with E-state index in [0.717, 1.165) is 18.2 Å². The van der Waals surface area contributed by atoms with Crippen molar-refractivity contribution in [3.63, 3.8) is 0 Å². The van der Waals surface area contributed by atoms with E-state index >= 15 is 0 Å². The lowest BCUT2D eigenvalue weighted by Gasteiger charge is -2.09. The number of rotatable bonds is 9. The number of esters is 1. The van der Waals surface area contributed by atoms with Gasteiger partial charge in [-0.15, -0.1) is 0 Å². The van der Waals surface area contributed by atoms with Gasteiger partial charge in [0, 0.05) is 35.2 Å². The number of fused-ring (bicyclic) bond motifs is 1. The molecule has 0 bridgehead atoms. The highest BCUT2D eigenvalue weighted by Crippen LogP contribution is 2.24. The quantitative estimate of drug-likeness (QED) is 0.351. The first kappa shape index (κ1) is 25.3. The van der Waals surface area contributed by atoms with Gasteiger partial charge in [0.25, 0.3) is 5.91 Å². The molecule has 0 aliphatic heterocycles. The topological polar surface area (TPSA) is 124 Å². The highest BCUT2D eigenvalue weighted by atomic mass is 19.2. The van der Waals surface area contributed by atoms with E-state index in [1.165, 1.54) is 7.11 Å². The first-order valence-corrected chi connectivity index (χ1v) is 10.5. The van der Waals surface area contributed by atoms with Crippen LogP contribution in [-0.4, -0.2) is 38.0 Å². The van der Waals surface area contributed by atoms with Crippen LogP contribution < -0.4 is 21.0 Å². The fourth-order valence-electron chi connectivity index (χ4n) is 3.24. The molecular formula is C24H22F2N2O7. The number of carbonyl (C=O) groups is 3.